The highest BCUT2D eigenvalue weighted by atomic mass is 16.2. The third kappa shape index (κ3) is 2.19. The minimum Gasteiger partial charge on any atom is -0.358 e. The van der Waals surface area contributed by atoms with Gasteiger partial charge < -0.3 is 10.6 Å². The molecule has 0 aromatic rings. The van der Waals surface area contributed by atoms with E-state index in [1.807, 2.05) is 0 Å². The fourth-order valence-corrected chi connectivity index (χ4v) is 1.52. The molecule has 1 amide bonds. The average Bonchev–Trinajstić information content (AvgIpc) is 2.03. The molecule has 0 aromatic carbocycles. The summed E-state index contributed by atoms with van der Waals surface area (Å²) in [5.74, 6) is 0.122. The first-order valence-corrected chi connectivity index (χ1v) is 4.21. The number of hydrogen-bond donors (Lipinski definition) is 2. The van der Waals surface area contributed by atoms with Gasteiger partial charge in [-0.15, -0.1) is 0 Å². The Bertz CT molecular complexity index is 147. The zero-order chi connectivity index (χ0) is 8.27. The van der Waals surface area contributed by atoms with Crippen molar-refractivity contribution in [1.82, 2.24) is 10.6 Å². The summed E-state index contributed by atoms with van der Waals surface area (Å²) in [6.07, 6.45) is 3.32. The maximum atomic E-state index is 11.1. The number of amides is 1. The lowest BCUT2D eigenvalue weighted by atomic mass is 9.99. The van der Waals surface area contributed by atoms with Gasteiger partial charge in [0.15, 0.2) is 0 Å². The average molecular weight is 156 g/mol. The van der Waals surface area contributed by atoms with Gasteiger partial charge in [-0.2, -0.15) is 0 Å². The van der Waals surface area contributed by atoms with Crippen LogP contribution in [0.1, 0.15) is 26.2 Å². The minimum absolute atomic E-state index is 0.0451. The molecule has 1 saturated heterocycles. The number of likely N-dealkylation sites (N-methyl/N-ethyl adjacent to an activating group) is 1. The highest BCUT2D eigenvalue weighted by Gasteiger charge is 2.22. The molecule has 3 nitrogen and oxygen atoms in total. The van der Waals surface area contributed by atoms with Crippen molar-refractivity contribution in [2.45, 2.75) is 38.3 Å². The van der Waals surface area contributed by atoms with Crippen LogP contribution < -0.4 is 10.6 Å². The first-order chi connectivity index (χ1) is 5.24. The van der Waals surface area contributed by atoms with Crippen LogP contribution in [0.15, 0.2) is 0 Å². The summed E-state index contributed by atoms with van der Waals surface area (Å²) in [7, 11) is 1.68. The van der Waals surface area contributed by atoms with Crippen LogP contribution in [0.25, 0.3) is 0 Å². The molecule has 3 heteroatoms. The second-order valence-corrected chi connectivity index (χ2v) is 3.17. The van der Waals surface area contributed by atoms with Crippen LogP contribution in [0.4, 0.5) is 0 Å². The molecule has 0 saturated carbocycles. The molecule has 0 unspecified atom stereocenters. The fourth-order valence-electron chi connectivity index (χ4n) is 1.52. The molecule has 2 atom stereocenters. The summed E-state index contributed by atoms with van der Waals surface area (Å²) < 4.78 is 0. The van der Waals surface area contributed by atoms with E-state index in [2.05, 4.69) is 17.6 Å². The molecule has 1 fully saturated rings. The molecule has 0 aliphatic carbocycles. The summed E-state index contributed by atoms with van der Waals surface area (Å²) in [6.45, 7) is 2.12. The number of piperidine rings is 1. The zero-order valence-electron chi connectivity index (χ0n) is 7.18. The Morgan fingerprint density at radius 1 is 1.55 bits per heavy atom. The van der Waals surface area contributed by atoms with Crippen LogP contribution in [0.3, 0.4) is 0 Å². The molecule has 0 aromatic heterocycles. The van der Waals surface area contributed by atoms with Crippen LogP contribution in [0.2, 0.25) is 0 Å². The topological polar surface area (TPSA) is 41.1 Å². The van der Waals surface area contributed by atoms with Crippen molar-refractivity contribution in [3.05, 3.63) is 0 Å². The van der Waals surface area contributed by atoms with Gasteiger partial charge in [0.25, 0.3) is 0 Å². The molecule has 1 aliphatic heterocycles. The monoisotopic (exact) mass is 156 g/mol. The minimum atomic E-state index is 0.0451. The predicted octanol–water partition coefficient (Wildman–Crippen LogP) is 0.263. The van der Waals surface area contributed by atoms with Gasteiger partial charge in [0, 0.05) is 13.1 Å². The molecule has 0 bridgehead atoms. The molecule has 1 heterocycles. The molecule has 0 radical (unpaired) electrons. The summed E-state index contributed by atoms with van der Waals surface area (Å²) in [5.41, 5.74) is 0. The van der Waals surface area contributed by atoms with E-state index < -0.39 is 0 Å². The van der Waals surface area contributed by atoms with E-state index in [1.54, 1.807) is 7.05 Å². The van der Waals surface area contributed by atoms with Crippen LogP contribution in [-0.4, -0.2) is 25.0 Å². The third-order valence-corrected chi connectivity index (χ3v) is 2.18. The Hall–Kier alpha value is -0.570. The number of rotatable bonds is 1. The number of hydrogen-bond acceptors (Lipinski definition) is 2. The van der Waals surface area contributed by atoms with E-state index in [0.29, 0.717) is 6.04 Å². The van der Waals surface area contributed by atoms with E-state index in [9.17, 15) is 4.79 Å². The predicted molar refractivity (Wildman–Crippen MR) is 44.3 cm³/mol. The molecule has 11 heavy (non-hydrogen) atoms. The van der Waals surface area contributed by atoms with Gasteiger partial charge in [0.1, 0.15) is 0 Å². The Labute approximate surface area is 67.5 Å². The van der Waals surface area contributed by atoms with Gasteiger partial charge in [-0.3, -0.25) is 4.79 Å². The standard InChI is InChI=1S/C8H16N2O/c1-6-4-3-5-7(10-6)8(11)9-2/h6-7,10H,3-5H2,1-2H3,(H,9,11)/t6-,7-/m0/s1. The number of carbonyl (C=O) groups is 1. The maximum absolute atomic E-state index is 11.1. The van der Waals surface area contributed by atoms with Crippen molar-refractivity contribution < 1.29 is 4.79 Å². The fraction of sp³-hybridized carbons (Fsp3) is 0.875. The van der Waals surface area contributed by atoms with Gasteiger partial charge in [0.05, 0.1) is 6.04 Å². The number of nitrogens with one attached hydrogen (secondary N) is 2. The quantitative estimate of drug-likeness (QED) is 0.572. The number of carbonyl (C=O) groups excluding carboxylic acids is 1. The first-order valence-electron chi connectivity index (χ1n) is 4.21. The normalized spacial score (nSPS) is 31.5. The Morgan fingerprint density at radius 3 is 2.82 bits per heavy atom. The van der Waals surface area contributed by atoms with E-state index in [0.717, 1.165) is 12.8 Å². The first kappa shape index (κ1) is 8.53. The summed E-state index contributed by atoms with van der Waals surface area (Å²) in [5, 5.41) is 5.91. The van der Waals surface area contributed by atoms with Gasteiger partial charge in [-0.05, 0) is 26.2 Å². The van der Waals surface area contributed by atoms with Gasteiger partial charge in [-0.25, -0.2) is 0 Å². The molecular formula is C8H16N2O. The van der Waals surface area contributed by atoms with Crippen LogP contribution in [0.5, 0.6) is 0 Å². The summed E-state index contributed by atoms with van der Waals surface area (Å²) >= 11 is 0. The zero-order valence-corrected chi connectivity index (χ0v) is 7.18. The second kappa shape index (κ2) is 3.72. The van der Waals surface area contributed by atoms with Crippen LogP contribution in [-0.2, 0) is 4.79 Å². The van der Waals surface area contributed by atoms with E-state index in [4.69, 9.17) is 0 Å². The highest BCUT2D eigenvalue weighted by Crippen LogP contribution is 2.11. The Kier molecular flexibility index (Phi) is 2.88. The van der Waals surface area contributed by atoms with Crippen molar-refractivity contribution in [2.24, 2.45) is 0 Å². The Balaban J connectivity index is 2.39. The second-order valence-electron chi connectivity index (χ2n) is 3.17. The lowest BCUT2D eigenvalue weighted by Gasteiger charge is -2.27. The van der Waals surface area contributed by atoms with Crippen LogP contribution >= 0.6 is 0 Å². The van der Waals surface area contributed by atoms with Crippen molar-refractivity contribution in [3.8, 4) is 0 Å². The smallest absolute Gasteiger partial charge is 0.236 e. The van der Waals surface area contributed by atoms with E-state index in [-0.39, 0.29) is 11.9 Å². The lowest BCUT2D eigenvalue weighted by molar-refractivity contribution is -0.123. The molecular weight excluding hydrogens is 140 g/mol. The molecule has 0 spiro atoms. The molecule has 2 N–H and O–H groups in total. The lowest BCUT2D eigenvalue weighted by Crippen LogP contribution is -2.49. The summed E-state index contributed by atoms with van der Waals surface area (Å²) in [6, 6.07) is 0.537. The van der Waals surface area contributed by atoms with Crippen molar-refractivity contribution in [2.75, 3.05) is 7.05 Å². The highest BCUT2D eigenvalue weighted by molar-refractivity contribution is 5.81. The van der Waals surface area contributed by atoms with Gasteiger partial charge in [0.2, 0.25) is 5.91 Å². The molecule has 1 aliphatic rings. The van der Waals surface area contributed by atoms with Gasteiger partial charge in [-0.1, -0.05) is 0 Å². The van der Waals surface area contributed by atoms with E-state index in [1.165, 1.54) is 6.42 Å². The molecule has 64 valence electrons. The third-order valence-electron chi connectivity index (χ3n) is 2.18. The van der Waals surface area contributed by atoms with Crippen molar-refractivity contribution in [1.29, 1.82) is 0 Å². The van der Waals surface area contributed by atoms with Crippen molar-refractivity contribution >= 4 is 5.91 Å². The van der Waals surface area contributed by atoms with Crippen LogP contribution in [0, 0.1) is 0 Å². The van der Waals surface area contributed by atoms with Gasteiger partial charge >= 0.3 is 0 Å². The molecule has 1 rings (SSSR count). The Morgan fingerprint density at radius 2 is 2.27 bits per heavy atom. The maximum Gasteiger partial charge on any atom is 0.236 e. The van der Waals surface area contributed by atoms with E-state index >= 15 is 0 Å². The largest absolute Gasteiger partial charge is 0.358 e. The van der Waals surface area contributed by atoms with Crippen molar-refractivity contribution in [3.63, 3.8) is 0 Å². The SMILES string of the molecule is CNC(=O)[C@@H]1CCC[C@H](C)N1. The summed E-state index contributed by atoms with van der Waals surface area (Å²) in [4.78, 5) is 11.1.